The number of nitrogens with zero attached hydrogens (tertiary/aromatic N) is 1. The van der Waals surface area contributed by atoms with Gasteiger partial charge in [0.2, 0.25) is 6.79 Å². The summed E-state index contributed by atoms with van der Waals surface area (Å²) in [6.07, 6.45) is 2.21. The predicted molar refractivity (Wildman–Crippen MR) is 121 cm³/mol. The molecule has 1 saturated heterocycles. The summed E-state index contributed by atoms with van der Waals surface area (Å²) in [7, 11) is 0. The Balaban J connectivity index is 1.15. The molecule has 1 atom stereocenters. The summed E-state index contributed by atoms with van der Waals surface area (Å²) in [5.74, 6) is 2.30. The average Bonchev–Trinajstić information content (AvgIpc) is 3.48. The molecule has 1 fully saturated rings. The van der Waals surface area contributed by atoms with Crippen LogP contribution in [0.1, 0.15) is 29.2 Å². The molecule has 0 aromatic heterocycles. The van der Waals surface area contributed by atoms with Crippen LogP contribution < -0.4 is 9.47 Å². The third-order valence-electron chi connectivity index (χ3n) is 6.23. The summed E-state index contributed by atoms with van der Waals surface area (Å²) in [4.78, 5) is 2.55. The summed E-state index contributed by atoms with van der Waals surface area (Å²) in [6.45, 7) is 4.42. The molecule has 1 unspecified atom stereocenters. The van der Waals surface area contributed by atoms with Gasteiger partial charge >= 0.3 is 0 Å². The van der Waals surface area contributed by atoms with Gasteiger partial charge in [0.05, 0.1) is 6.61 Å². The van der Waals surface area contributed by atoms with Gasteiger partial charge in [-0.25, -0.2) is 0 Å². The standard InChI is InChI=1S/C27H29NO3/c1-3-7-23(8-4-1)27(24-9-5-2-6-10-24)29-19-22-14-16-28(18-22)15-13-21-11-12-25-26(17-21)31-20-30-25/h1-12,17,22,27H,13-16,18-20H2. The molecule has 2 aliphatic heterocycles. The monoisotopic (exact) mass is 415 g/mol. The van der Waals surface area contributed by atoms with Crippen molar-refractivity contribution in [3.63, 3.8) is 0 Å². The molecule has 31 heavy (non-hydrogen) atoms. The Morgan fingerprint density at radius 1 is 0.871 bits per heavy atom. The van der Waals surface area contributed by atoms with Gasteiger partial charge < -0.3 is 19.1 Å². The van der Waals surface area contributed by atoms with Crippen LogP contribution in [-0.4, -0.2) is 37.9 Å². The van der Waals surface area contributed by atoms with Gasteiger partial charge in [-0.2, -0.15) is 0 Å². The lowest BCUT2D eigenvalue weighted by molar-refractivity contribution is 0.0538. The molecule has 0 N–H and O–H groups in total. The van der Waals surface area contributed by atoms with E-state index in [0.717, 1.165) is 44.2 Å². The number of benzene rings is 3. The van der Waals surface area contributed by atoms with Crippen LogP contribution >= 0.6 is 0 Å². The molecular formula is C27H29NO3. The summed E-state index contributed by atoms with van der Waals surface area (Å²) in [5.41, 5.74) is 3.73. The largest absolute Gasteiger partial charge is 0.454 e. The second-order valence-electron chi connectivity index (χ2n) is 8.43. The SMILES string of the molecule is c1ccc(C(OCC2CCN(CCc3ccc4c(c3)OCO4)C2)c2ccccc2)cc1. The van der Waals surface area contributed by atoms with Gasteiger partial charge in [-0.15, -0.1) is 0 Å². The van der Waals surface area contributed by atoms with Crippen LogP contribution in [-0.2, 0) is 11.2 Å². The highest BCUT2D eigenvalue weighted by atomic mass is 16.7. The molecule has 3 aromatic rings. The average molecular weight is 416 g/mol. The highest BCUT2D eigenvalue weighted by molar-refractivity contribution is 5.44. The van der Waals surface area contributed by atoms with E-state index < -0.39 is 0 Å². The fraction of sp³-hybridized carbons (Fsp3) is 0.333. The van der Waals surface area contributed by atoms with Crippen molar-refractivity contribution in [1.29, 1.82) is 0 Å². The minimum atomic E-state index is -0.00918. The van der Waals surface area contributed by atoms with E-state index in [-0.39, 0.29) is 6.10 Å². The Morgan fingerprint density at radius 2 is 1.58 bits per heavy atom. The molecule has 4 nitrogen and oxygen atoms in total. The maximum absolute atomic E-state index is 6.50. The van der Waals surface area contributed by atoms with Crippen LogP contribution in [0.25, 0.3) is 0 Å². The van der Waals surface area contributed by atoms with E-state index in [2.05, 4.69) is 77.7 Å². The molecule has 3 aromatic carbocycles. The van der Waals surface area contributed by atoms with Crippen LogP contribution in [0, 0.1) is 5.92 Å². The topological polar surface area (TPSA) is 30.9 Å². The zero-order chi connectivity index (χ0) is 20.9. The smallest absolute Gasteiger partial charge is 0.231 e. The number of rotatable bonds is 8. The Hall–Kier alpha value is -2.82. The summed E-state index contributed by atoms with van der Waals surface area (Å²) < 4.78 is 17.4. The van der Waals surface area contributed by atoms with E-state index in [1.54, 1.807) is 0 Å². The first-order chi connectivity index (χ1) is 15.3. The van der Waals surface area contributed by atoms with Crippen LogP contribution in [0.4, 0.5) is 0 Å². The number of hydrogen-bond acceptors (Lipinski definition) is 4. The van der Waals surface area contributed by atoms with E-state index in [1.807, 2.05) is 6.07 Å². The molecule has 0 amide bonds. The lowest BCUT2D eigenvalue weighted by atomic mass is 10.0. The first kappa shape index (κ1) is 20.1. The summed E-state index contributed by atoms with van der Waals surface area (Å²) >= 11 is 0. The van der Waals surface area contributed by atoms with Crippen LogP contribution in [0.3, 0.4) is 0 Å². The number of fused-ring (bicyclic) bond motifs is 1. The Morgan fingerprint density at radius 3 is 2.32 bits per heavy atom. The van der Waals surface area contributed by atoms with Crippen LogP contribution in [0.2, 0.25) is 0 Å². The molecule has 0 bridgehead atoms. The maximum Gasteiger partial charge on any atom is 0.231 e. The molecular weight excluding hydrogens is 386 g/mol. The molecule has 2 aliphatic rings. The van der Waals surface area contributed by atoms with Crippen LogP contribution in [0.5, 0.6) is 11.5 Å². The van der Waals surface area contributed by atoms with Gasteiger partial charge in [-0.1, -0.05) is 66.7 Å². The minimum absolute atomic E-state index is 0.00918. The second kappa shape index (κ2) is 9.54. The van der Waals surface area contributed by atoms with Crippen LogP contribution in [0.15, 0.2) is 78.9 Å². The molecule has 0 radical (unpaired) electrons. The van der Waals surface area contributed by atoms with E-state index in [0.29, 0.717) is 12.7 Å². The van der Waals surface area contributed by atoms with Gasteiger partial charge in [0.15, 0.2) is 11.5 Å². The zero-order valence-corrected chi connectivity index (χ0v) is 17.8. The molecule has 2 heterocycles. The third-order valence-corrected chi connectivity index (χ3v) is 6.23. The number of ether oxygens (including phenoxy) is 3. The van der Waals surface area contributed by atoms with Gasteiger partial charge in [-0.3, -0.25) is 0 Å². The van der Waals surface area contributed by atoms with Crippen molar-refractivity contribution in [3.8, 4) is 11.5 Å². The van der Waals surface area contributed by atoms with E-state index in [4.69, 9.17) is 14.2 Å². The normalized spacial score (nSPS) is 18.0. The van der Waals surface area contributed by atoms with Crippen molar-refractivity contribution < 1.29 is 14.2 Å². The van der Waals surface area contributed by atoms with E-state index in [1.165, 1.54) is 23.1 Å². The van der Waals surface area contributed by atoms with Crippen molar-refractivity contribution in [2.24, 2.45) is 5.92 Å². The third kappa shape index (κ3) is 4.92. The quantitative estimate of drug-likeness (QED) is 0.513. The summed E-state index contributed by atoms with van der Waals surface area (Å²) in [6, 6.07) is 27.4. The summed E-state index contributed by atoms with van der Waals surface area (Å²) in [5, 5.41) is 0. The van der Waals surface area contributed by atoms with Gasteiger partial charge in [0, 0.05) is 13.1 Å². The highest BCUT2D eigenvalue weighted by Gasteiger charge is 2.24. The van der Waals surface area contributed by atoms with E-state index in [9.17, 15) is 0 Å². The van der Waals surface area contributed by atoms with Crippen molar-refractivity contribution in [2.75, 3.05) is 33.0 Å². The van der Waals surface area contributed by atoms with Crippen molar-refractivity contribution in [2.45, 2.75) is 18.9 Å². The lowest BCUT2D eigenvalue weighted by Crippen LogP contribution is -2.24. The van der Waals surface area contributed by atoms with Crippen molar-refractivity contribution in [3.05, 3.63) is 95.6 Å². The fourth-order valence-electron chi connectivity index (χ4n) is 4.51. The molecule has 0 aliphatic carbocycles. The molecule has 160 valence electrons. The van der Waals surface area contributed by atoms with Gasteiger partial charge in [0.25, 0.3) is 0 Å². The van der Waals surface area contributed by atoms with Gasteiger partial charge in [0.1, 0.15) is 6.10 Å². The highest BCUT2D eigenvalue weighted by Crippen LogP contribution is 2.33. The Kier molecular flexibility index (Phi) is 6.19. The van der Waals surface area contributed by atoms with E-state index >= 15 is 0 Å². The predicted octanol–water partition coefficient (Wildman–Crippen LogP) is 5.09. The molecule has 0 spiro atoms. The first-order valence-electron chi connectivity index (χ1n) is 11.2. The molecule has 4 heteroatoms. The first-order valence-corrected chi connectivity index (χ1v) is 11.2. The lowest BCUT2D eigenvalue weighted by Gasteiger charge is -2.22. The maximum atomic E-state index is 6.50. The zero-order valence-electron chi connectivity index (χ0n) is 17.8. The van der Waals surface area contributed by atoms with Crippen molar-refractivity contribution in [1.82, 2.24) is 4.90 Å². The van der Waals surface area contributed by atoms with Gasteiger partial charge in [-0.05, 0) is 54.1 Å². The number of hydrogen-bond donors (Lipinski definition) is 0. The Labute approximate surface area is 184 Å². The fourth-order valence-corrected chi connectivity index (χ4v) is 4.51. The molecule has 0 saturated carbocycles. The molecule has 5 rings (SSSR count). The van der Waals surface area contributed by atoms with Crippen molar-refractivity contribution >= 4 is 0 Å². The Bertz CT molecular complexity index is 937. The minimum Gasteiger partial charge on any atom is -0.454 e. The number of likely N-dealkylation sites (tertiary alicyclic amines) is 1. The second-order valence-corrected chi connectivity index (χ2v) is 8.43.